The maximum atomic E-state index is 12.5. The van der Waals surface area contributed by atoms with Gasteiger partial charge < -0.3 is 4.42 Å². The van der Waals surface area contributed by atoms with E-state index in [9.17, 15) is 4.79 Å². The number of aryl methyl sites for hydroxylation is 2. The summed E-state index contributed by atoms with van der Waals surface area (Å²) < 4.78 is 7.04. The van der Waals surface area contributed by atoms with Crippen molar-refractivity contribution in [3.8, 4) is 0 Å². The standard InChI is InChI=1S/C18H17N5O2/c1-11-5-7-13(8-6-11)20-17-21-16(14-4-3-9-25-14)23-15(24)10-12(2)19-18(23)22-17/h3-10,16H,1-2H3,(H2,19,20,21,22)/p+1. The molecule has 0 saturated heterocycles. The Kier molecular flexibility index (Phi) is 3.61. The zero-order valence-corrected chi connectivity index (χ0v) is 13.9. The molecule has 1 aliphatic rings. The van der Waals surface area contributed by atoms with Crippen LogP contribution in [-0.2, 0) is 0 Å². The second kappa shape index (κ2) is 5.94. The number of nitrogens with zero attached hydrogens (tertiary/aromatic N) is 2. The molecule has 0 radical (unpaired) electrons. The quantitative estimate of drug-likeness (QED) is 0.649. The number of rotatable bonds is 2. The van der Waals surface area contributed by atoms with E-state index in [0.29, 0.717) is 23.4 Å². The molecular weight excluding hydrogens is 318 g/mol. The van der Waals surface area contributed by atoms with Gasteiger partial charge in [0.2, 0.25) is 6.17 Å². The summed E-state index contributed by atoms with van der Waals surface area (Å²) in [7, 11) is 0. The highest BCUT2D eigenvalue weighted by atomic mass is 16.3. The minimum absolute atomic E-state index is 0.154. The van der Waals surface area contributed by atoms with Crippen LogP contribution in [0.5, 0.6) is 0 Å². The number of hydrogen-bond acceptors (Lipinski definition) is 5. The van der Waals surface area contributed by atoms with Crippen LogP contribution in [0.25, 0.3) is 0 Å². The topological polar surface area (TPSA) is 86.1 Å². The fourth-order valence-electron chi connectivity index (χ4n) is 2.79. The van der Waals surface area contributed by atoms with Gasteiger partial charge in [0.1, 0.15) is 0 Å². The maximum absolute atomic E-state index is 12.5. The van der Waals surface area contributed by atoms with Crippen molar-refractivity contribution in [1.29, 1.82) is 0 Å². The van der Waals surface area contributed by atoms with E-state index >= 15 is 0 Å². The van der Waals surface area contributed by atoms with E-state index < -0.39 is 6.17 Å². The fraction of sp³-hybridized carbons (Fsp3) is 0.167. The summed E-state index contributed by atoms with van der Waals surface area (Å²) in [5.41, 5.74) is 2.60. The molecule has 0 saturated carbocycles. The first kappa shape index (κ1) is 15.2. The van der Waals surface area contributed by atoms with Crippen molar-refractivity contribution in [2.24, 2.45) is 0 Å². The van der Waals surface area contributed by atoms with Crippen molar-refractivity contribution in [3.63, 3.8) is 0 Å². The summed E-state index contributed by atoms with van der Waals surface area (Å²) >= 11 is 0. The minimum atomic E-state index is -0.486. The highest BCUT2D eigenvalue weighted by molar-refractivity contribution is 5.99. The van der Waals surface area contributed by atoms with Crippen molar-refractivity contribution >= 4 is 17.6 Å². The molecule has 1 aliphatic heterocycles. The molecule has 25 heavy (non-hydrogen) atoms. The average molecular weight is 336 g/mol. The predicted molar refractivity (Wildman–Crippen MR) is 94.5 cm³/mol. The normalized spacial score (nSPS) is 15.9. The molecule has 3 aromatic rings. The molecule has 1 unspecified atom stereocenters. The van der Waals surface area contributed by atoms with E-state index in [4.69, 9.17) is 4.42 Å². The van der Waals surface area contributed by atoms with Gasteiger partial charge in [-0.1, -0.05) is 17.7 Å². The number of anilines is 2. The van der Waals surface area contributed by atoms with Gasteiger partial charge in [-0.2, -0.15) is 0 Å². The smallest absolute Gasteiger partial charge is 0.357 e. The van der Waals surface area contributed by atoms with Crippen LogP contribution in [0.4, 0.5) is 11.6 Å². The van der Waals surface area contributed by atoms with Crippen molar-refractivity contribution < 1.29 is 9.41 Å². The Morgan fingerprint density at radius 3 is 2.76 bits per heavy atom. The monoisotopic (exact) mass is 336 g/mol. The average Bonchev–Trinajstić information content (AvgIpc) is 3.10. The van der Waals surface area contributed by atoms with E-state index in [1.165, 1.54) is 16.2 Å². The number of aromatic nitrogens is 2. The highest BCUT2D eigenvalue weighted by Gasteiger charge is 2.30. The lowest BCUT2D eigenvalue weighted by Crippen LogP contribution is -2.82. The van der Waals surface area contributed by atoms with Crippen molar-refractivity contribution in [1.82, 2.24) is 9.55 Å². The largest absolute Gasteiger partial charge is 0.464 e. The molecular formula is C18H18N5O2+. The zero-order valence-electron chi connectivity index (χ0n) is 13.9. The van der Waals surface area contributed by atoms with E-state index in [-0.39, 0.29) is 5.56 Å². The second-order valence-electron chi connectivity index (χ2n) is 5.98. The van der Waals surface area contributed by atoms with Gasteiger partial charge in [0.05, 0.1) is 12.0 Å². The number of nitrogens with one attached hydrogen (secondary N) is 3. The first-order valence-corrected chi connectivity index (χ1v) is 7.98. The lowest BCUT2D eigenvalue weighted by atomic mass is 10.2. The molecule has 1 aromatic carbocycles. The summed E-state index contributed by atoms with van der Waals surface area (Å²) in [6.45, 7) is 3.83. The number of hydrogen-bond donors (Lipinski definition) is 3. The van der Waals surface area contributed by atoms with E-state index in [2.05, 4.69) is 20.6 Å². The van der Waals surface area contributed by atoms with Crippen LogP contribution in [0.3, 0.4) is 0 Å². The van der Waals surface area contributed by atoms with Crippen LogP contribution in [0, 0.1) is 13.8 Å². The van der Waals surface area contributed by atoms with Crippen LogP contribution < -0.4 is 21.2 Å². The number of fused-ring (bicyclic) bond motifs is 1. The molecule has 3 heterocycles. The third kappa shape index (κ3) is 2.91. The molecule has 126 valence electrons. The molecule has 7 heteroatoms. The Labute approximate surface area is 144 Å². The number of guanidine groups is 1. The highest BCUT2D eigenvalue weighted by Crippen LogP contribution is 2.17. The molecule has 0 fully saturated rings. The lowest BCUT2D eigenvalue weighted by Gasteiger charge is -2.21. The van der Waals surface area contributed by atoms with E-state index in [0.717, 1.165) is 5.69 Å². The molecule has 7 nitrogen and oxygen atoms in total. The van der Waals surface area contributed by atoms with Gasteiger partial charge in [0, 0.05) is 11.8 Å². The number of benzene rings is 1. The Hall–Kier alpha value is -3.35. The first-order valence-electron chi connectivity index (χ1n) is 7.98. The maximum Gasteiger partial charge on any atom is 0.357 e. The van der Waals surface area contributed by atoms with Crippen LogP contribution in [0.15, 0.2) is 57.9 Å². The second-order valence-corrected chi connectivity index (χ2v) is 5.98. The fourth-order valence-corrected chi connectivity index (χ4v) is 2.79. The zero-order chi connectivity index (χ0) is 17.4. The van der Waals surface area contributed by atoms with Gasteiger partial charge in [-0.15, -0.1) is 0 Å². The third-order valence-electron chi connectivity index (χ3n) is 3.99. The Morgan fingerprint density at radius 1 is 1.24 bits per heavy atom. The molecule has 4 rings (SSSR count). The molecule has 0 spiro atoms. The molecule has 0 amide bonds. The molecule has 0 aliphatic carbocycles. The van der Waals surface area contributed by atoms with Crippen molar-refractivity contribution in [2.45, 2.75) is 20.0 Å². The van der Waals surface area contributed by atoms with E-state index in [1.54, 1.807) is 19.3 Å². The van der Waals surface area contributed by atoms with Crippen molar-refractivity contribution in [2.75, 3.05) is 10.6 Å². The van der Waals surface area contributed by atoms with Crippen molar-refractivity contribution in [3.05, 3.63) is 76.1 Å². The Morgan fingerprint density at radius 2 is 2.04 bits per heavy atom. The summed E-state index contributed by atoms with van der Waals surface area (Å²) in [4.78, 5) is 20.2. The SMILES string of the molecule is Cc1ccc(NC2=[NH+]C(c3ccco3)n3c(nc(C)cc3=O)N2)cc1. The summed E-state index contributed by atoms with van der Waals surface area (Å²) in [6.07, 6.45) is 1.10. The Bertz CT molecular complexity index is 987. The third-order valence-corrected chi connectivity index (χ3v) is 3.99. The van der Waals surface area contributed by atoms with Gasteiger partial charge in [0.25, 0.3) is 11.5 Å². The molecule has 1 atom stereocenters. The summed E-state index contributed by atoms with van der Waals surface area (Å²) in [6, 6.07) is 13.1. The van der Waals surface area contributed by atoms with Crippen LogP contribution in [-0.4, -0.2) is 15.5 Å². The van der Waals surface area contributed by atoms with E-state index in [1.807, 2.05) is 37.3 Å². The van der Waals surface area contributed by atoms with Crippen LogP contribution in [0.2, 0.25) is 0 Å². The number of furan rings is 1. The van der Waals surface area contributed by atoms with Gasteiger partial charge in [-0.05, 0) is 38.1 Å². The lowest BCUT2D eigenvalue weighted by molar-refractivity contribution is -0.523. The van der Waals surface area contributed by atoms with Gasteiger partial charge in [0.15, 0.2) is 5.76 Å². The Balaban J connectivity index is 1.76. The van der Waals surface area contributed by atoms with Crippen LogP contribution >= 0.6 is 0 Å². The first-order chi connectivity index (χ1) is 12.1. The minimum Gasteiger partial charge on any atom is -0.464 e. The van der Waals surface area contributed by atoms with Gasteiger partial charge in [-0.3, -0.25) is 4.79 Å². The molecule has 2 aromatic heterocycles. The summed E-state index contributed by atoms with van der Waals surface area (Å²) in [5, 5.41) is 6.42. The summed E-state index contributed by atoms with van der Waals surface area (Å²) in [5.74, 6) is 1.71. The van der Waals surface area contributed by atoms with Gasteiger partial charge in [-0.25, -0.2) is 25.2 Å². The molecule has 3 N–H and O–H groups in total. The van der Waals surface area contributed by atoms with Crippen LogP contribution in [0.1, 0.15) is 23.2 Å². The predicted octanol–water partition coefficient (Wildman–Crippen LogP) is 0.974. The van der Waals surface area contributed by atoms with Gasteiger partial charge >= 0.3 is 5.96 Å². The molecule has 0 bridgehead atoms.